The van der Waals surface area contributed by atoms with Gasteiger partial charge in [0.2, 0.25) is 0 Å². The Kier molecular flexibility index (Phi) is 3.83. The monoisotopic (exact) mass is 238 g/mol. The second-order valence-electron chi connectivity index (χ2n) is 4.39. The molecule has 0 N–H and O–H groups in total. The van der Waals surface area contributed by atoms with Crippen LogP contribution in [-0.2, 0) is 0 Å². The maximum atomic E-state index is 6.00. The van der Waals surface area contributed by atoms with E-state index in [0.717, 1.165) is 22.6 Å². The largest absolute Gasteiger partial charge is 0.457 e. The molecule has 1 nitrogen and oxygen atoms in total. The molecule has 0 amide bonds. The average Bonchev–Trinajstić information content (AvgIpc) is 2.39. The Hall–Kier alpha value is -2.02. The smallest absolute Gasteiger partial charge is 0.130 e. The minimum atomic E-state index is 0.891. The van der Waals surface area contributed by atoms with Crippen LogP contribution in [0.4, 0.5) is 0 Å². The maximum absolute atomic E-state index is 6.00. The van der Waals surface area contributed by atoms with E-state index in [2.05, 4.69) is 38.1 Å². The van der Waals surface area contributed by atoms with Gasteiger partial charge in [-0.1, -0.05) is 48.0 Å². The van der Waals surface area contributed by atoms with Crippen LogP contribution in [0.25, 0.3) is 5.76 Å². The fourth-order valence-corrected chi connectivity index (χ4v) is 1.92. The van der Waals surface area contributed by atoms with Crippen LogP contribution in [0, 0.1) is 13.8 Å². The number of ether oxygens (including phenoxy) is 1. The number of hydrogen-bond acceptors (Lipinski definition) is 1. The van der Waals surface area contributed by atoms with Crippen molar-refractivity contribution in [3.63, 3.8) is 0 Å². The molecule has 1 heteroatoms. The van der Waals surface area contributed by atoms with Crippen molar-refractivity contribution in [1.82, 2.24) is 0 Å². The van der Waals surface area contributed by atoms with Gasteiger partial charge >= 0.3 is 0 Å². The van der Waals surface area contributed by atoms with Crippen molar-refractivity contribution < 1.29 is 4.74 Å². The van der Waals surface area contributed by atoms with E-state index in [4.69, 9.17) is 4.74 Å². The summed E-state index contributed by atoms with van der Waals surface area (Å²) in [6.07, 6.45) is 1.99. The molecule has 0 unspecified atom stereocenters. The standard InChI is InChI=1S/C17H18O/c1-4-16(15-8-6-5-7-9-15)18-17-11-10-13(2)12-14(17)3/h4-12H,1-3H3. The lowest BCUT2D eigenvalue weighted by Crippen LogP contribution is -1.96. The van der Waals surface area contributed by atoms with Crippen molar-refractivity contribution in [1.29, 1.82) is 0 Å². The summed E-state index contributed by atoms with van der Waals surface area (Å²) in [6, 6.07) is 16.4. The molecule has 0 aliphatic carbocycles. The van der Waals surface area contributed by atoms with E-state index in [1.54, 1.807) is 0 Å². The normalized spacial score (nSPS) is 11.4. The number of hydrogen-bond donors (Lipinski definition) is 0. The summed E-state index contributed by atoms with van der Waals surface area (Å²) in [7, 11) is 0. The van der Waals surface area contributed by atoms with E-state index >= 15 is 0 Å². The molecule has 2 aromatic carbocycles. The molecule has 0 radical (unpaired) electrons. The molecule has 0 aromatic heterocycles. The Bertz CT molecular complexity index is 553. The van der Waals surface area contributed by atoms with Crippen molar-refractivity contribution in [2.24, 2.45) is 0 Å². The summed E-state index contributed by atoms with van der Waals surface area (Å²) < 4.78 is 6.00. The van der Waals surface area contributed by atoms with Crippen LogP contribution in [0.1, 0.15) is 23.6 Å². The minimum Gasteiger partial charge on any atom is -0.457 e. The lowest BCUT2D eigenvalue weighted by Gasteiger charge is -2.12. The van der Waals surface area contributed by atoms with E-state index in [-0.39, 0.29) is 0 Å². The molecule has 0 spiro atoms. The zero-order valence-electron chi connectivity index (χ0n) is 11.1. The number of rotatable bonds is 3. The molecule has 0 aliphatic rings. The first-order chi connectivity index (χ1) is 8.70. The molecular formula is C17H18O. The third-order valence-electron chi connectivity index (χ3n) is 2.87. The Morgan fingerprint density at radius 3 is 2.33 bits per heavy atom. The fourth-order valence-electron chi connectivity index (χ4n) is 1.92. The molecule has 18 heavy (non-hydrogen) atoms. The molecule has 0 heterocycles. The molecule has 0 aliphatic heterocycles. The lowest BCUT2D eigenvalue weighted by molar-refractivity contribution is 0.510. The van der Waals surface area contributed by atoms with E-state index in [0.29, 0.717) is 0 Å². The lowest BCUT2D eigenvalue weighted by atomic mass is 10.1. The van der Waals surface area contributed by atoms with E-state index in [9.17, 15) is 0 Å². The highest BCUT2D eigenvalue weighted by Gasteiger charge is 2.05. The molecule has 0 bridgehead atoms. The van der Waals surface area contributed by atoms with Crippen LogP contribution in [-0.4, -0.2) is 0 Å². The van der Waals surface area contributed by atoms with Gasteiger partial charge in [-0.05, 0) is 38.5 Å². The van der Waals surface area contributed by atoms with Crippen molar-refractivity contribution >= 4 is 5.76 Å². The van der Waals surface area contributed by atoms with Gasteiger partial charge in [-0.3, -0.25) is 0 Å². The molecule has 2 aromatic rings. The van der Waals surface area contributed by atoms with Crippen LogP contribution in [0.15, 0.2) is 54.6 Å². The first kappa shape index (κ1) is 12.4. The van der Waals surface area contributed by atoms with Gasteiger partial charge in [-0.25, -0.2) is 0 Å². The first-order valence-corrected chi connectivity index (χ1v) is 6.17. The van der Waals surface area contributed by atoms with Gasteiger partial charge in [0.25, 0.3) is 0 Å². The van der Waals surface area contributed by atoms with E-state index in [1.807, 2.05) is 37.3 Å². The highest BCUT2D eigenvalue weighted by atomic mass is 16.5. The number of allylic oxidation sites excluding steroid dienone is 1. The maximum Gasteiger partial charge on any atom is 0.130 e. The molecule has 0 fully saturated rings. The van der Waals surface area contributed by atoms with Gasteiger partial charge in [-0.2, -0.15) is 0 Å². The van der Waals surface area contributed by atoms with Crippen LogP contribution in [0.3, 0.4) is 0 Å². The molecular weight excluding hydrogens is 220 g/mol. The van der Waals surface area contributed by atoms with Crippen LogP contribution in [0.2, 0.25) is 0 Å². The summed E-state index contributed by atoms with van der Waals surface area (Å²) in [4.78, 5) is 0. The second-order valence-corrected chi connectivity index (χ2v) is 4.39. The van der Waals surface area contributed by atoms with Crippen molar-refractivity contribution in [3.8, 4) is 5.75 Å². The molecule has 0 saturated heterocycles. The fraction of sp³-hybridized carbons (Fsp3) is 0.176. The number of benzene rings is 2. The Morgan fingerprint density at radius 2 is 1.72 bits per heavy atom. The van der Waals surface area contributed by atoms with Gasteiger partial charge in [0, 0.05) is 5.56 Å². The van der Waals surface area contributed by atoms with Crippen LogP contribution >= 0.6 is 0 Å². The van der Waals surface area contributed by atoms with E-state index in [1.165, 1.54) is 5.56 Å². The average molecular weight is 238 g/mol. The van der Waals surface area contributed by atoms with Crippen molar-refractivity contribution in [3.05, 3.63) is 71.3 Å². The zero-order valence-corrected chi connectivity index (χ0v) is 11.1. The minimum absolute atomic E-state index is 0.891. The quantitative estimate of drug-likeness (QED) is 0.701. The van der Waals surface area contributed by atoms with Crippen LogP contribution < -0.4 is 4.74 Å². The second kappa shape index (κ2) is 5.54. The topological polar surface area (TPSA) is 9.23 Å². The van der Waals surface area contributed by atoms with Crippen molar-refractivity contribution in [2.75, 3.05) is 0 Å². The SMILES string of the molecule is CC=C(Oc1ccc(C)cc1C)c1ccccc1. The van der Waals surface area contributed by atoms with Gasteiger partial charge < -0.3 is 4.74 Å². The first-order valence-electron chi connectivity index (χ1n) is 6.17. The van der Waals surface area contributed by atoms with Crippen molar-refractivity contribution in [2.45, 2.75) is 20.8 Å². The highest BCUT2D eigenvalue weighted by Crippen LogP contribution is 2.25. The van der Waals surface area contributed by atoms with Crippen LogP contribution in [0.5, 0.6) is 5.75 Å². The third kappa shape index (κ3) is 2.80. The molecule has 0 saturated carbocycles. The van der Waals surface area contributed by atoms with Gasteiger partial charge in [0.05, 0.1) is 0 Å². The highest BCUT2D eigenvalue weighted by molar-refractivity contribution is 5.62. The predicted octanol–water partition coefficient (Wildman–Crippen LogP) is 4.74. The third-order valence-corrected chi connectivity index (χ3v) is 2.87. The van der Waals surface area contributed by atoms with Gasteiger partial charge in [-0.15, -0.1) is 0 Å². The Labute approximate surface area is 109 Å². The van der Waals surface area contributed by atoms with Gasteiger partial charge in [0.1, 0.15) is 11.5 Å². The molecule has 92 valence electrons. The summed E-state index contributed by atoms with van der Waals surface area (Å²) in [5.41, 5.74) is 3.51. The summed E-state index contributed by atoms with van der Waals surface area (Å²) in [5.74, 6) is 1.81. The summed E-state index contributed by atoms with van der Waals surface area (Å²) in [6.45, 7) is 6.15. The zero-order chi connectivity index (χ0) is 13.0. The molecule has 0 atom stereocenters. The Morgan fingerprint density at radius 1 is 1.00 bits per heavy atom. The summed E-state index contributed by atoms with van der Waals surface area (Å²) in [5, 5.41) is 0. The number of aryl methyl sites for hydroxylation is 2. The predicted molar refractivity (Wildman–Crippen MR) is 76.6 cm³/mol. The summed E-state index contributed by atoms with van der Waals surface area (Å²) >= 11 is 0. The molecule has 2 rings (SSSR count). The van der Waals surface area contributed by atoms with Gasteiger partial charge in [0.15, 0.2) is 0 Å². The Balaban J connectivity index is 2.27. The van der Waals surface area contributed by atoms with E-state index < -0.39 is 0 Å².